The number of aromatic nitrogens is 2. The molecule has 1 heterocycles. The molecule has 2 N–H and O–H groups in total. The number of methoxy groups -OCH3 is 1. The van der Waals surface area contributed by atoms with E-state index in [0.717, 1.165) is 5.56 Å². The van der Waals surface area contributed by atoms with E-state index in [1.165, 1.54) is 31.5 Å². The van der Waals surface area contributed by atoms with Crippen LogP contribution in [0.25, 0.3) is 11.3 Å². The predicted octanol–water partition coefficient (Wildman–Crippen LogP) is 3.45. The Labute approximate surface area is 159 Å². The minimum absolute atomic E-state index is 0.0930. The molecule has 0 unspecified atom stereocenters. The summed E-state index contributed by atoms with van der Waals surface area (Å²) < 4.78 is 34.0. The van der Waals surface area contributed by atoms with Crippen molar-refractivity contribution < 1.29 is 23.0 Å². The second-order valence-corrected chi connectivity index (χ2v) is 5.52. The van der Waals surface area contributed by atoms with E-state index in [2.05, 4.69) is 25.5 Å². The molecule has 1 aromatic heterocycles. The van der Waals surface area contributed by atoms with Crippen LogP contribution < -0.4 is 14.9 Å². The summed E-state index contributed by atoms with van der Waals surface area (Å²) in [5.41, 5.74) is 4.64. The highest BCUT2D eigenvalue weighted by Gasteiger charge is 2.12. The molecule has 0 radical (unpaired) electrons. The molecule has 3 aromatic rings. The number of hydrazone groups is 1. The summed E-state index contributed by atoms with van der Waals surface area (Å²) in [5, 5.41) is 10.6. The zero-order valence-corrected chi connectivity index (χ0v) is 14.7. The summed E-state index contributed by atoms with van der Waals surface area (Å²) in [6.07, 6.45) is 1.35. The highest BCUT2D eigenvalue weighted by atomic mass is 19.3. The lowest BCUT2D eigenvalue weighted by molar-refractivity contribution is -0.0512. The van der Waals surface area contributed by atoms with Gasteiger partial charge in [0.2, 0.25) is 0 Å². The molecule has 7 nitrogen and oxygen atoms in total. The van der Waals surface area contributed by atoms with Crippen LogP contribution in [0.5, 0.6) is 11.5 Å². The Balaban J connectivity index is 1.64. The number of ether oxygens (including phenoxy) is 2. The van der Waals surface area contributed by atoms with Crippen LogP contribution in [0, 0.1) is 0 Å². The average Bonchev–Trinajstić information content (AvgIpc) is 3.19. The summed E-state index contributed by atoms with van der Waals surface area (Å²) in [4.78, 5) is 12.2. The van der Waals surface area contributed by atoms with Crippen LogP contribution in [0.1, 0.15) is 16.1 Å². The van der Waals surface area contributed by atoms with Crippen molar-refractivity contribution in [3.63, 3.8) is 0 Å². The van der Waals surface area contributed by atoms with Gasteiger partial charge in [0.1, 0.15) is 5.69 Å². The zero-order valence-electron chi connectivity index (χ0n) is 14.7. The Hall–Kier alpha value is -3.75. The highest BCUT2D eigenvalue weighted by Crippen LogP contribution is 2.28. The van der Waals surface area contributed by atoms with E-state index >= 15 is 0 Å². The molecule has 9 heteroatoms. The van der Waals surface area contributed by atoms with E-state index in [4.69, 9.17) is 4.74 Å². The first-order chi connectivity index (χ1) is 13.6. The van der Waals surface area contributed by atoms with Crippen LogP contribution >= 0.6 is 0 Å². The van der Waals surface area contributed by atoms with Gasteiger partial charge in [0.25, 0.3) is 5.91 Å². The SMILES string of the molecule is COc1cc(/C=N\NC(=O)c2cc(-c3ccccc3)n[nH]2)ccc1OC(F)F. The lowest BCUT2D eigenvalue weighted by Gasteiger charge is -2.09. The Bertz CT molecular complexity index is 974. The first-order valence-electron chi connectivity index (χ1n) is 8.14. The van der Waals surface area contributed by atoms with Crippen LogP contribution in [0.3, 0.4) is 0 Å². The van der Waals surface area contributed by atoms with Crippen molar-refractivity contribution in [3.8, 4) is 22.8 Å². The fraction of sp³-hybridized carbons (Fsp3) is 0.105. The number of aromatic amines is 1. The average molecular weight is 386 g/mol. The molecule has 0 atom stereocenters. The van der Waals surface area contributed by atoms with Crippen molar-refractivity contribution in [2.24, 2.45) is 5.10 Å². The van der Waals surface area contributed by atoms with Crippen molar-refractivity contribution in [2.75, 3.05) is 7.11 Å². The number of carbonyl (C=O) groups is 1. The molecule has 1 amide bonds. The summed E-state index contributed by atoms with van der Waals surface area (Å²) in [6, 6.07) is 15.3. The molecule has 0 fully saturated rings. The smallest absolute Gasteiger partial charge is 0.387 e. The van der Waals surface area contributed by atoms with Crippen molar-refractivity contribution in [1.82, 2.24) is 15.6 Å². The number of benzene rings is 2. The van der Waals surface area contributed by atoms with Gasteiger partial charge in [-0.15, -0.1) is 0 Å². The molecular formula is C19H16F2N4O3. The molecule has 0 spiro atoms. The lowest BCUT2D eigenvalue weighted by Crippen LogP contribution is -2.18. The van der Waals surface area contributed by atoms with Crippen molar-refractivity contribution in [3.05, 3.63) is 65.9 Å². The molecule has 3 rings (SSSR count). The summed E-state index contributed by atoms with van der Waals surface area (Å²) >= 11 is 0. The number of H-pyrrole nitrogens is 1. The summed E-state index contributed by atoms with van der Waals surface area (Å²) in [6.45, 7) is -2.96. The number of halogens is 2. The normalized spacial score (nSPS) is 11.0. The monoisotopic (exact) mass is 386 g/mol. The van der Waals surface area contributed by atoms with E-state index in [1.54, 1.807) is 6.07 Å². The van der Waals surface area contributed by atoms with E-state index in [0.29, 0.717) is 11.3 Å². The second kappa shape index (κ2) is 8.76. The summed E-state index contributed by atoms with van der Waals surface area (Å²) in [7, 11) is 1.33. The first kappa shape index (κ1) is 19.0. The molecule has 0 aliphatic rings. The van der Waals surface area contributed by atoms with Gasteiger partial charge in [0.05, 0.1) is 19.0 Å². The topological polar surface area (TPSA) is 88.6 Å². The van der Waals surface area contributed by atoms with Gasteiger partial charge < -0.3 is 9.47 Å². The van der Waals surface area contributed by atoms with Gasteiger partial charge >= 0.3 is 6.61 Å². The van der Waals surface area contributed by atoms with Gasteiger partial charge in [0.15, 0.2) is 11.5 Å². The largest absolute Gasteiger partial charge is 0.493 e. The number of hydrogen-bond acceptors (Lipinski definition) is 5. The Morgan fingerprint density at radius 2 is 1.96 bits per heavy atom. The fourth-order valence-electron chi connectivity index (χ4n) is 2.38. The van der Waals surface area contributed by atoms with Gasteiger partial charge in [0, 0.05) is 5.56 Å². The van der Waals surface area contributed by atoms with Crippen LogP contribution in [0.15, 0.2) is 59.7 Å². The Morgan fingerprint density at radius 1 is 1.18 bits per heavy atom. The van der Waals surface area contributed by atoms with Gasteiger partial charge in [-0.05, 0) is 29.8 Å². The summed E-state index contributed by atoms with van der Waals surface area (Å²) in [5.74, 6) is -0.447. The molecule has 2 aromatic carbocycles. The van der Waals surface area contributed by atoms with E-state index in [-0.39, 0.29) is 17.2 Å². The van der Waals surface area contributed by atoms with Crippen LogP contribution in [0.4, 0.5) is 8.78 Å². The van der Waals surface area contributed by atoms with E-state index in [9.17, 15) is 13.6 Å². The molecule has 0 saturated carbocycles. The molecular weight excluding hydrogens is 370 g/mol. The van der Waals surface area contributed by atoms with E-state index in [1.807, 2.05) is 30.3 Å². The number of hydrogen-bond donors (Lipinski definition) is 2. The lowest BCUT2D eigenvalue weighted by atomic mass is 10.1. The number of nitrogens with zero attached hydrogens (tertiary/aromatic N) is 2. The highest BCUT2D eigenvalue weighted by molar-refractivity contribution is 5.94. The number of alkyl halides is 2. The van der Waals surface area contributed by atoms with Crippen LogP contribution in [0.2, 0.25) is 0 Å². The quantitative estimate of drug-likeness (QED) is 0.481. The Kier molecular flexibility index (Phi) is 5.95. The van der Waals surface area contributed by atoms with Gasteiger partial charge in [-0.3, -0.25) is 9.89 Å². The maximum atomic E-state index is 12.3. The molecule has 144 valence electrons. The maximum Gasteiger partial charge on any atom is 0.387 e. The predicted molar refractivity (Wildman–Crippen MR) is 98.7 cm³/mol. The van der Waals surface area contributed by atoms with Gasteiger partial charge in [-0.2, -0.15) is 19.0 Å². The fourth-order valence-corrected chi connectivity index (χ4v) is 2.38. The third-order valence-corrected chi connectivity index (χ3v) is 3.68. The molecule has 0 saturated heterocycles. The maximum absolute atomic E-state index is 12.3. The standard InChI is InChI=1S/C19H16F2N4O3/c1-27-17-9-12(7-8-16(17)28-19(20)21)11-22-25-18(26)15-10-14(23-24-15)13-5-3-2-4-6-13/h2-11,19H,1H3,(H,23,24)(H,25,26)/b22-11-. The third kappa shape index (κ3) is 4.70. The van der Waals surface area contributed by atoms with Crippen molar-refractivity contribution in [2.45, 2.75) is 6.61 Å². The third-order valence-electron chi connectivity index (χ3n) is 3.68. The number of nitrogens with one attached hydrogen (secondary N) is 2. The first-order valence-corrected chi connectivity index (χ1v) is 8.14. The zero-order chi connectivity index (χ0) is 19.9. The van der Waals surface area contributed by atoms with Crippen LogP contribution in [-0.2, 0) is 0 Å². The number of carbonyl (C=O) groups excluding carboxylic acids is 1. The van der Waals surface area contributed by atoms with Crippen molar-refractivity contribution >= 4 is 12.1 Å². The Morgan fingerprint density at radius 3 is 2.68 bits per heavy atom. The van der Waals surface area contributed by atoms with E-state index < -0.39 is 12.5 Å². The number of amides is 1. The minimum Gasteiger partial charge on any atom is -0.493 e. The molecule has 0 aliphatic carbocycles. The second-order valence-electron chi connectivity index (χ2n) is 5.52. The van der Waals surface area contributed by atoms with Crippen molar-refractivity contribution in [1.29, 1.82) is 0 Å². The molecule has 28 heavy (non-hydrogen) atoms. The number of rotatable bonds is 7. The van der Waals surface area contributed by atoms with Gasteiger partial charge in [-0.1, -0.05) is 30.3 Å². The minimum atomic E-state index is -2.96. The van der Waals surface area contributed by atoms with Gasteiger partial charge in [-0.25, -0.2) is 5.43 Å². The molecule has 0 aliphatic heterocycles. The molecule has 0 bridgehead atoms. The van der Waals surface area contributed by atoms with Crippen LogP contribution in [-0.4, -0.2) is 36.0 Å².